The second-order valence-electron chi connectivity index (χ2n) is 8.93. The molecule has 0 bridgehead atoms. The number of alkyl halides is 3. The Morgan fingerprint density at radius 2 is 1.62 bits per heavy atom. The normalized spacial score (nSPS) is 13.9. The zero-order valence-corrected chi connectivity index (χ0v) is 21.6. The maximum Gasteiger partial charge on any atom is 0.417 e. The van der Waals surface area contributed by atoms with E-state index in [1.807, 2.05) is 0 Å². The molecule has 1 fully saturated rings. The van der Waals surface area contributed by atoms with Crippen molar-refractivity contribution < 1.29 is 27.5 Å². The summed E-state index contributed by atoms with van der Waals surface area (Å²) in [5.74, 6) is 0.565. The van der Waals surface area contributed by atoms with Crippen LogP contribution < -0.4 is 20.7 Å². The Kier molecular flexibility index (Phi) is 9.26. The Morgan fingerprint density at radius 1 is 0.923 bits per heavy atom. The molecule has 0 radical (unpaired) electrons. The summed E-state index contributed by atoms with van der Waals surface area (Å²) in [6, 6.07) is 11.8. The minimum atomic E-state index is -4.65. The average molecular weight is 562 g/mol. The highest BCUT2D eigenvalue weighted by Crippen LogP contribution is 2.36. The van der Waals surface area contributed by atoms with E-state index >= 15 is 0 Å². The molecule has 3 aromatic rings. The number of carbonyl (C=O) groups excluding carboxylic acids is 2. The van der Waals surface area contributed by atoms with Crippen LogP contribution in [0.3, 0.4) is 0 Å². The van der Waals surface area contributed by atoms with Gasteiger partial charge in [-0.15, -0.1) is 0 Å². The first kappa shape index (κ1) is 28.2. The van der Waals surface area contributed by atoms with E-state index in [0.717, 1.165) is 31.8 Å². The first-order valence-electron chi connectivity index (χ1n) is 12.4. The van der Waals surface area contributed by atoms with Crippen LogP contribution in [0, 0.1) is 0 Å². The molecule has 0 unspecified atom stereocenters. The van der Waals surface area contributed by atoms with E-state index in [1.165, 1.54) is 37.6 Å². The van der Waals surface area contributed by atoms with Gasteiger partial charge in [0.25, 0.3) is 5.91 Å². The van der Waals surface area contributed by atoms with Crippen LogP contribution in [0.4, 0.5) is 29.3 Å². The van der Waals surface area contributed by atoms with Crippen molar-refractivity contribution in [2.24, 2.45) is 0 Å². The number of pyridine rings is 1. The lowest BCUT2D eigenvalue weighted by Gasteiger charge is -2.26. The van der Waals surface area contributed by atoms with Gasteiger partial charge >= 0.3 is 12.2 Å². The molecule has 39 heavy (non-hydrogen) atoms. The third-order valence-corrected chi connectivity index (χ3v) is 6.33. The third-order valence-electron chi connectivity index (χ3n) is 6.00. The molecule has 1 aliphatic heterocycles. The number of urea groups is 1. The van der Waals surface area contributed by atoms with Crippen LogP contribution in [0.15, 0.2) is 60.8 Å². The summed E-state index contributed by atoms with van der Waals surface area (Å²) < 4.78 is 44.9. The summed E-state index contributed by atoms with van der Waals surface area (Å²) in [7, 11) is 0. The lowest BCUT2D eigenvalue weighted by molar-refractivity contribution is -0.137. The molecule has 0 spiro atoms. The maximum atomic E-state index is 13.0. The Labute approximate surface area is 228 Å². The van der Waals surface area contributed by atoms with Crippen molar-refractivity contribution in [1.82, 2.24) is 15.2 Å². The molecule has 1 aliphatic rings. The molecule has 206 valence electrons. The molecular weight excluding hydrogens is 535 g/mol. The molecule has 3 N–H and O–H groups in total. The first-order chi connectivity index (χ1) is 18.7. The predicted molar refractivity (Wildman–Crippen MR) is 142 cm³/mol. The van der Waals surface area contributed by atoms with Gasteiger partial charge in [-0.25, -0.2) is 4.79 Å². The van der Waals surface area contributed by atoms with Crippen LogP contribution in [0.2, 0.25) is 5.02 Å². The second-order valence-corrected chi connectivity index (χ2v) is 9.34. The molecule has 3 amide bonds. The summed E-state index contributed by atoms with van der Waals surface area (Å²) in [6.07, 6.45) is 0.472. The molecule has 2 heterocycles. The smallest absolute Gasteiger partial charge is 0.417 e. The van der Waals surface area contributed by atoms with Crippen LogP contribution in [0.25, 0.3) is 0 Å². The van der Waals surface area contributed by atoms with Crippen molar-refractivity contribution in [3.05, 3.63) is 77.1 Å². The summed E-state index contributed by atoms with van der Waals surface area (Å²) >= 11 is 5.61. The molecule has 0 atom stereocenters. The molecule has 12 heteroatoms. The van der Waals surface area contributed by atoms with E-state index in [9.17, 15) is 22.8 Å². The van der Waals surface area contributed by atoms with Crippen LogP contribution >= 0.6 is 11.6 Å². The minimum Gasteiger partial charge on any atom is -0.457 e. The highest BCUT2D eigenvalue weighted by Gasteiger charge is 2.33. The molecule has 1 aromatic heterocycles. The Balaban J connectivity index is 1.28. The monoisotopic (exact) mass is 561 g/mol. The van der Waals surface area contributed by atoms with Crippen LogP contribution in [-0.4, -0.2) is 48.0 Å². The number of rotatable bonds is 8. The molecule has 2 aromatic carbocycles. The quantitative estimate of drug-likeness (QED) is 0.295. The van der Waals surface area contributed by atoms with Gasteiger partial charge in [-0.3, -0.25) is 9.78 Å². The van der Waals surface area contributed by atoms with Gasteiger partial charge < -0.3 is 25.6 Å². The molecule has 1 saturated heterocycles. The lowest BCUT2D eigenvalue weighted by Crippen LogP contribution is -2.37. The van der Waals surface area contributed by atoms with Crippen molar-refractivity contribution in [1.29, 1.82) is 0 Å². The van der Waals surface area contributed by atoms with Crippen LogP contribution in [-0.2, 0) is 6.18 Å². The first-order valence-corrected chi connectivity index (χ1v) is 12.7. The number of nitrogens with zero attached hydrogens (tertiary/aromatic N) is 2. The fourth-order valence-electron chi connectivity index (χ4n) is 4.06. The van der Waals surface area contributed by atoms with E-state index in [1.54, 1.807) is 30.3 Å². The number of aromatic nitrogens is 1. The number of likely N-dealkylation sites (tertiary alicyclic amines) is 1. The number of amides is 3. The number of nitrogens with one attached hydrogen (secondary N) is 3. The van der Waals surface area contributed by atoms with Gasteiger partial charge in [0.1, 0.15) is 17.2 Å². The van der Waals surface area contributed by atoms with Crippen molar-refractivity contribution in [2.75, 3.05) is 36.8 Å². The number of halogens is 4. The number of hydrogen-bond donors (Lipinski definition) is 3. The Bertz CT molecular complexity index is 1300. The van der Waals surface area contributed by atoms with Gasteiger partial charge in [0.2, 0.25) is 0 Å². The van der Waals surface area contributed by atoms with Crippen molar-refractivity contribution in [3.63, 3.8) is 0 Å². The second kappa shape index (κ2) is 12.8. The molecule has 0 aliphatic carbocycles. The largest absolute Gasteiger partial charge is 0.457 e. The number of hydrogen-bond acceptors (Lipinski definition) is 5. The summed E-state index contributed by atoms with van der Waals surface area (Å²) in [5.41, 5.74) is -0.490. The van der Waals surface area contributed by atoms with E-state index in [0.29, 0.717) is 23.7 Å². The Hall–Kier alpha value is -3.83. The number of anilines is 2. The van der Waals surface area contributed by atoms with Gasteiger partial charge in [0.15, 0.2) is 0 Å². The van der Waals surface area contributed by atoms with E-state index in [4.69, 9.17) is 16.3 Å². The van der Waals surface area contributed by atoms with Gasteiger partial charge in [0, 0.05) is 36.7 Å². The number of ether oxygens (including phenoxy) is 1. The molecular formula is C27H27ClF3N5O3. The zero-order valence-electron chi connectivity index (χ0n) is 20.9. The van der Waals surface area contributed by atoms with Crippen LogP contribution in [0.1, 0.15) is 35.3 Å². The number of piperidine rings is 1. The zero-order chi connectivity index (χ0) is 27.8. The van der Waals surface area contributed by atoms with Crippen molar-refractivity contribution in [3.8, 4) is 11.5 Å². The summed E-state index contributed by atoms with van der Waals surface area (Å²) in [6.45, 7) is 3.45. The molecule has 8 nitrogen and oxygen atoms in total. The number of benzene rings is 2. The Morgan fingerprint density at radius 3 is 2.33 bits per heavy atom. The SMILES string of the molecule is O=C(Nc1ccc(Oc2ccnc(C(=O)NCCN3CCCCC3)c2)cc1)Nc1ccc(Cl)c(C(F)(F)F)c1. The fraction of sp³-hybridized carbons (Fsp3) is 0.296. The number of carbonyl (C=O) groups is 2. The van der Waals surface area contributed by atoms with Crippen molar-refractivity contribution >= 4 is 34.9 Å². The highest BCUT2D eigenvalue weighted by molar-refractivity contribution is 6.31. The van der Waals surface area contributed by atoms with Gasteiger partial charge in [-0.05, 0) is 74.5 Å². The summed E-state index contributed by atoms with van der Waals surface area (Å²) in [5, 5.41) is 7.31. The predicted octanol–water partition coefficient (Wildman–Crippen LogP) is 6.41. The van der Waals surface area contributed by atoms with Crippen LogP contribution in [0.5, 0.6) is 11.5 Å². The molecule has 0 saturated carbocycles. The summed E-state index contributed by atoms with van der Waals surface area (Å²) in [4.78, 5) is 31.2. The third kappa shape index (κ3) is 8.33. The fourth-order valence-corrected chi connectivity index (χ4v) is 4.28. The van der Waals surface area contributed by atoms with Gasteiger partial charge in [-0.1, -0.05) is 18.0 Å². The van der Waals surface area contributed by atoms with E-state index in [2.05, 4.69) is 25.8 Å². The highest BCUT2D eigenvalue weighted by atomic mass is 35.5. The van der Waals surface area contributed by atoms with E-state index in [-0.39, 0.29) is 17.3 Å². The maximum absolute atomic E-state index is 13.0. The molecule has 4 rings (SSSR count). The minimum absolute atomic E-state index is 0.0619. The lowest BCUT2D eigenvalue weighted by atomic mass is 10.1. The van der Waals surface area contributed by atoms with Gasteiger partial charge in [-0.2, -0.15) is 13.2 Å². The standard InChI is InChI=1S/C27H27ClF3N5O3/c28-23-9-6-19(16-22(23)27(29,30)31)35-26(38)34-18-4-7-20(8-5-18)39-21-10-11-32-24(17-21)25(37)33-12-15-36-13-2-1-3-14-36/h4-11,16-17H,1-3,12-15H2,(H,33,37)(H2,34,35,38). The van der Waals surface area contributed by atoms with E-state index < -0.39 is 22.8 Å². The topological polar surface area (TPSA) is 95.6 Å². The average Bonchev–Trinajstić information content (AvgIpc) is 2.91. The van der Waals surface area contributed by atoms with Gasteiger partial charge in [0.05, 0.1) is 10.6 Å². The van der Waals surface area contributed by atoms with Crippen molar-refractivity contribution in [2.45, 2.75) is 25.4 Å².